The molecule has 88 valence electrons. The smallest absolute Gasteiger partial charge is 0.337 e. The summed E-state index contributed by atoms with van der Waals surface area (Å²) in [5.74, 6) is -2.76. The van der Waals surface area contributed by atoms with Gasteiger partial charge in [-0.15, -0.1) is 0 Å². The number of ketones is 1. The molecule has 0 bridgehead atoms. The lowest BCUT2D eigenvalue weighted by Crippen LogP contribution is -2.44. The molecule has 0 saturated heterocycles. The van der Waals surface area contributed by atoms with Crippen molar-refractivity contribution in [1.29, 1.82) is 0 Å². The topological polar surface area (TPSA) is 55.8 Å². The summed E-state index contributed by atoms with van der Waals surface area (Å²) < 4.78 is 9.94. The molecule has 0 unspecified atom stereocenters. The second-order valence-corrected chi connectivity index (χ2v) is 3.14. The Morgan fingerprint density at radius 3 is 2.12 bits per heavy atom. The number of hydrogen-bond acceptors (Lipinski definition) is 4. The fourth-order valence-electron chi connectivity index (χ4n) is 1.34. The molecule has 0 saturated carbocycles. The molecule has 0 aliphatic carbocycles. The number of aliphatic hydroxyl groups is 1. The molecule has 1 aromatic rings. The highest BCUT2D eigenvalue weighted by Gasteiger charge is 2.38. The number of carbonyl (C=O) groups excluding carboxylic acids is 1. The van der Waals surface area contributed by atoms with E-state index < -0.39 is 11.8 Å². The molecule has 1 aromatic carbocycles. The van der Waals surface area contributed by atoms with Gasteiger partial charge in [0.15, 0.2) is 0 Å². The van der Waals surface area contributed by atoms with E-state index in [1.807, 2.05) is 0 Å². The van der Waals surface area contributed by atoms with Gasteiger partial charge in [0.1, 0.15) is 0 Å². The maximum Gasteiger partial charge on any atom is 0.349 e. The predicted octanol–water partition coefficient (Wildman–Crippen LogP) is 1.59. The van der Waals surface area contributed by atoms with Crippen LogP contribution in [0.5, 0.6) is 0 Å². The molecule has 0 fully saturated rings. The lowest BCUT2D eigenvalue weighted by Gasteiger charge is -2.25. The molecule has 0 atom stereocenters. The predicted molar refractivity (Wildman–Crippen MR) is 59.0 cm³/mol. The number of rotatable bonds is 6. The second kappa shape index (κ2) is 5.75. The van der Waals surface area contributed by atoms with Crippen LogP contribution in [-0.2, 0) is 9.47 Å². The van der Waals surface area contributed by atoms with Crippen LogP contribution in [0.25, 0.3) is 0 Å². The quantitative estimate of drug-likeness (QED) is 0.589. The monoisotopic (exact) mass is 224 g/mol. The fraction of sp³-hybridized carbons (Fsp3) is 0.417. The third-order valence-electron chi connectivity index (χ3n) is 2.00. The zero-order valence-electron chi connectivity index (χ0n) is 9.47. The van der Waals surface area contributed by atoms with Crippen LogP contribution in [0.1, 0.15) is 24.2 Å². The minimum absolute atomic E-state index is 0.190. The van der Waals surface area contributed by atoms with E-state index >= 15 is 0 Å². The van der Waals surface area contributed by atoms with Gasteiger partial charge in [-0.05, 0) is 13.8 Å². The molecule has 0 aliphatic rings. The van der Waals surface area contributed by atoms with E-state index in [4.69, 9.17) is 9.47 Å². The minimum Gasteiger partial charge on any atom is -0.337 e. The van der Waals surface area contributed by atoms with Gasteiger partial charge in [-0.25, -0.2) is 0 Å². The van der Waals surface area contributed by atoms with Gasteiger partial charge in [-0.3, -0.25) is 4.79 Å². The van der Waals surface area contributed by atoms with E-state index in [-0.39, 0.29) is 13.2 Å². The Bertz CT molecular complexity index is 328. The molecule has 0 heterocycles. The third-order valence-corrected chi connectivity index (χ3v) is 2.00. The number of Topliss-reactive ketones (excluding diaryl/α,β-unsaturated/α-hetero) is 1. The minimum atomic E-state index is -2.18. The van der Waals surface area contributed by atoms with Crippen molar-refractivity contribution >= 4 is 5.78 Å². The van der Waals surface area contributed by atoms with Crippen molar-refractivity contribution in [3.8, 4) is 0 Å². The van der Waals surface area contributed by atoms with Gasteiger partial charge >= 0.3 is 5.97 Å². The Balaban J connectivity index is 2.91. The van der Waals surface area contributed by atoms with Crippen LogP contribution < -0.4 is 0 Å². The van der Waals surface area contributed by atoms with Gasteiger partial charge in [-0.1, -0.05) is 30.3 Å². The van der Waals surface area contributed by atoms with Crippen molar-refractivity contribution in [3.05, 3.63) is 35.9 Å². The van der Waals surface area contributed by atoms with Crippen LogP contribution in [0.3, 0.4) is 0 Å². The first kappa shape index (κ1) is 12.8. The van der Waals surface area contributed by atoms with Gasteiger partial charge in [0, 0.05) is 5.56 Å². The van der Waals surface area contributed by atoms with Gasteiger partial charge in [0.25, 0.3) is 5.78 Å². The first-order valence-electron chi connectivity index (χ1n) is 5.24. The number of ether oxygens (including phenoxy) is 2. The van der Waals surface area contributed by atoms with Gasteiger partial charge in [-0.2, -0.15) is 0 Å². The summed E-state index contributed by atoms with van der Waals surface area (Å²) >= 11 is 0. The maximum absolute atomic E-state index is 11.9. The molecule has 0 aromatic heterocycles. The molecule has 0 radical (unpaired) electrons. The van der Waals surface area contributed by atoms with Gasteiger partial charge < -0.3 is 14.6 Å². The lowest BCUT2D eigenvalue weighted by molar-refractivity contribution is -0.317. The SMILES string of the molecule is CCOC(O)(OCC)C(=O)c1ccccc1. The number of benzene rings is 1. The van der Waals surface area contributed by atoms with E-state index in [0.29, 0.717) is 5.56 Å². The Morgan fingerprint density at radius 2 is 1.69 bits per heavy atom. The summed E-state index contributed by atoms with van der Waals surface area (Å²) in [7, 11) is 0. The molecule has 0 aliphatic heterocycles. The van der Waals surface area contributed by atoms with E-state index in [2.05, 4.69) is 0 Å². The Labute approximate surface area is 94.8 Å². The number of carbonyl (C=O) groups is 1. The van der Waals surface area contributed by atoms with E-state index in [1.54, 1.807) is 44.2 Å². The summed E-state index contributed by atoms with van der Waals surface area (Å²) in [6.45, 7) is 3.74. The van der Waals surface area contributed by atoms with E-state index in [0.717, 1.165) is 0 Å². The second-order valence-electron chi connectivity index (χ2n) is 3.14. The third kappa shape index (κ3) is 2.88. The Hall–Kier alpha value is -1.23. The molecular formula is C12H16O4. The van der Waals surface area contributed by atoms with Crippen LogP contribution >= 0.6 is 0 Å². The Morgan fingerprint density at radius 1 is 1.19 bits per heavy atom. The molecule has 0 amide bonds. The van der Waals surface area contributed by atoms with E-state index in [1.165, 1.54) is 0 Å². The summed E-state index contributed by atoms with van der Waals surface area (Å²) in [6.07, 6.45) is 0. The summed E-state index contributed by atoms with van der Waals surface area (Å²) in [5, 5.41) is 9.94. The van der Waals surface area contributed by atoms with Gasteiger partial charge in [0.05, 0.1) is 13.2 Å². The number of hydrogen-bond donors (Lipinski definition) is 1. The van der Waals surface area contributed by atoms with E-state index in [9.17, 15) is 9.90 Å². The molecule has 16 heavy (non-hydrogen) atoms. The van der Waals surface area contributed by atoms with Crippen LogP contribution in [0.4, 0.5) is 0 Å². The maximum atomic E-state index is 11.9. The van der Waals surface area contributed by atoms with Crippen molar-refractivity contribution in [2.24, 2.45) is 0 Å². The zero-order chi connectivity index (χ0) is 12.0. The van der Waals surface area contributed by atoms with Crippen molar-refractivity contribution in [2.75, 3.05) is 13.2 Å². The highest BCUT2D eigenvalue weighted by molar-refractivity contribution is 6.00. The fourth-order valence-corrected chi connectivity index (χ4v) is 1.34. The summed E-state index contributed by atoms with van der Waals surface area (Å²) in [6, 6.07) is 8.42. The van der Waals surface area contributed by atoms with Crippen LogP contribution in [0, 0.1) is 0 Å². The highest BCUT2D eigenvalue weighted by atomic mass is 16.8. The largest absolute Gasteiger partial charge is 0.349 e. The van der Waals surface area contributed by atoms with Crippen LogP contribution in [0.2, 0.25) is 0 Å². The van der Waals surface area contributed by atoms with Crippen LogP contribution in [0.15, 0.2) is 30.3 Å². The Kier molecular flexibility index (Phi) is 4.61. The average molecular weight is 224 g/mol. The van der Waals surface area contributed by atoms with Crippen LogP contribution in [-0.4, -0.2) is 30.1 Å². The standard InChI is InChI=1S/C12H16O4/c1-3-15-12(14,16-4-2)11(13)10-8-6-5-7-9-10/h5-9,14H,3-4H2,1-2H3. The molecule has 1 rings (SSSR count). The van der Waals surface area contributed by atoms with Crippen molar-refractivity contribution in [2.45, 2.75) is 19.8 Å². The molecule has 0 spiro atoms. The zero-order valence-corrected chi connectivity index (χ0v) is 9.47. The molecule has 1 N–H and O–H groups in total. The summed E-state index contributed by atoms with van der Waals surface area (Å²) in [5.41, 5.74) is 0.354. The normalized spacial score (nSPS) is 11.4. The lowest BCUT2D eigenvalue weighted by atomic mass is 10.1. The highest BCUT2D eigenvalue weighted by Crippen LogP contribution is 2.16. The van der Waals surface area contributed by atoms with Crippen molar-refractivity contribution in [1.82, 2.24) is 0 Å². The first-order valence-corrected chi connectivity index (χ1v) is 5.24. The molecule has 4 heteroatoms. The first-order chi connectivity index (χ1) is 7.64. The van der Waals surface area contributed by atoms with Crippen molar-refractivity contribution < 1.29 is 19.4 Å². The van der Waals surface area contributed by atoms with Crippen molar-refractivity contribution in [3.63, 3.8) is 0 Å². The molecule has 4 nitrogen and oxygen atoms in total. The average Bonchev–Trinajstić information content (AvgIpc) is 2.30. The summed E-state index contributed by atoms with van der Waals surface area (Å²) in [4.78, 5) is 11.9. The van der Waals surface area contributed by atoms with Gasteiger partial charge in [0.2, 0.25) is 0 Å². The molecular weight excluding hydrogens is 208 g/mol.